The fourth-order valence-electron chi connectivity index (χ4n) is 2.73. The van der Waals surface area contributed by atoms with Crippen LogP contribution >= 0.6 is 27.5 Å². The summed E-state index contributed by atoms with van der Waals surface area (Å²) < 4.78 is 0.865. The molecule has 0 bridgehead atoms. The first-order chi connectivity index (χ1) is 11.0. The van der Waals surface area contributed by atoms with E-state index >= 15 is 0 Å². The van der Waals surface area contributed by atoms with Crippen LogP contribution in [0.2, 0.25) is 5.02 Å². The molecular weight excluding hydrogens is 380 g/mol. The van der Waals surface area contributed by atoms with Crippen LogP contribution in [0.4, 0.5) is 5.69 Å². The van der Waals surface area contributed by atoms with Crippen LogP contribution in [0, 0.1) is 0 Å². The molecule has 1 atom stereocenters. The molecule has 0 radical (unpaired) electrons. The Bertz CT molecular complexity index is 794. The molecule has 3 rings (SSSR count). The van der Waals surface area contributed by atoms with Gasteiger partial charge in [0.05, 0.1) is 6.54 Å². The first-order valence-corrected chi connectivity index (χ1v) is 8.25. The van der Waals surface area contributed by atoms with E-state index in [1.165, 1.54) is 6.92 Å². The van der Waals surface area contributed by atoms with Crippen molar-refractivity contribution in [1.29, 1.82) is 0 Å². The molecule has 1 aliphatic rings. The molecule has 0 fully saturated rings. The number of carbonyl (C=O) groups is 2. The second-order valence-electron chi connectivity index (χ2n) is 5.39. The van der Waals surface area contributed by atoms with E-state index in [0.717, 1.165) is 21.3 Å². The average Bonchev–Trinajstić information content (AvgIpc) is 2.72. The lowest BCUT2D eigenvalue weighted by Crippen LogP contribution is -2.36. The SMILES string of the molecule is CC(=O)N[C@H]1C(=O)N(Cc2cccc(Cl)c2)c2ccc(Br)cc21. The quantitative estimate of drug-likeness (QED) is 0.861. The number of halogens is 2. The van der Waals surface area contributed by atoms with Gasteiger partial charge in [0.25, 0.3) is 5.91 Å². The molecule has 0 spiro atoms. The number of hydrogen-bond donors (Lipinski definition) is 1. The van der Waals surface area contributed by atoms with Crippen molar-refractivity contribution in [3.05, 3.63) is 63.1 Å². The van der Waals surface area contributed by atoms with E-state index < -0.39 is 6.04 Å². The summed E-state index contributed by atoms with van der Waals surface area (Å²) in [6.07, 6.45) is 0. The van der Waals surface area contributed by atoms with E-state index in [1.807, 2.05) is 36.4 Å². The fourth-order valence-corrected chi connectivity index (χ4v) is 3.33. The number of hydrogen-bond acceptors (Lipinski definition) is 2. The number of anilines is 1. The number of fused-ring (bicyclic) bond motifs is 1. The maximum Gasteiger partial charge on any atom is 0.254 e. The zero-order valence-electron chi connectivity index (χ0n) is 12.3. The molecule has 0 unspecified atom stereocenters. The lowest BCUT2D eigenvalue weighted by atomic mass is 10.1. The van der Waals surface area contributed by atoms with Crippen molar-refractivity contribution >= 4 is 45.0 Å². The van der Waals surface area contributed by atoms with E-state index in [0.29, 0.717) is 11.6 Å². The lowest BCUT2D eigenvalue weighted by Gasteiger charge is -2.18. The highest BCUT2D eigenvalue weighted by Gasteiger charge is 2.37. The predicted molar refractivity (Wildman–Crippen MR) is 93.3 cm³/mol. The van der Waals surface area contributed by atoms with Crippen molar-refractivity contribution < 1.29 is 9.59 Å². The molecule has 0 saturated carbocycles. The topological polar surface area (TPSA) is 49.4 Å². The fraction of sp³-hybridized carbons (Fsp3) is 0.176. The van der Waals surface area contributed by atoms with Crippen LogP contribution < -0.4 is 10.2 Å². The Labute approximate surface area is 147 Å². The van der Waals surface area contributed by atoms with Gasteiger partial charge in [0.15, 0.2) is 0 Å². The standard InChI is InChI=1S/C17H14BrClN2O2/c1-10(22)20-16-14-8-12(18)5-6-15(14)21(17(16)23)9-11-3-2-4-13(19)7-11/h2-8,16H,9H2,1H3,(H,20,22)/t16-/m1/s1. The maximum absolute atomic E-state index is 12.8. The molecule has 0 saturated heterocycles. The third kappa shape index (κ3) is 3.26. The van der Waals surface area contributed by atoms with E-state index in [-0.39, 0.29) is 11.8 Å². The van der Waals surface area contributed by atoms with Crippen LogP contribution in [0.15, 0.2) is 46.9 Å². The highest BCUT2D eigenvalue weighted by atomic mass is 79.9. The van der Waals surface area contributed by atoms with Gasteiger partial charge in [-0.1, -0.05) is 39.7 Å². The number of carbonyl (C=O) groups excluding carboxylic acids is 2. The molecule has 2 aromatic rings. The van der Waals surface area contributed by atoms with Gasteiger partial charge >= 0.3 is 0 Å². The summed E-state index contributed by atoms with van der Waals surface area (Å²) in [6, 6.07) is 12.4. The van der Waals surface area contributed by atoms with Gasteiger partial charge in [0, 0.05) is 27.7 Å². The Morgan fingerprint density at radius 1 is 1.30 bits per heavy atom. The van der Waals surface area contributed by atoms with Gasteiger partial charge in [-0.25, -0.2) is 0 Å². The normalized spacial score (nSPS) is 16.4. The van der Waals surface area contributed by atoms with Crippen LogP contribution in [0.5, 0.6) is 0 Å². The summed E-state index contributed by atoms with van der Waals surface area (Å²) in [7, 11) is 0. The molecule has 1 aliphatic heterocycles. The highest BCUT2D eigenvalue weighted by molar-refractivity contribution is 9.10. The van der Waals surface area contributed by atoms with Gasteiger partial charge in [0.1, 0.15) is 6.04 Å². The van der Waals surface area contributed by atoms with Crippen molar-refractivity contribution in [3.8, 4) is 0 Å². The Balaban J connectivity index is 1.98. The van der Waals surface area contributed by atoms with Crippen LogP contribution in [-0.2, 0) is 16.1 Å². The smallest absolute Gasteiger partial charge is 0.254 e. The molecule has 118 valence electrons. The highest BCUT2D eigenvalue weighted by Crippen LogP contribution is 2.38. The second kappa shape index (κ2) is 6.34. The van der Waals surface area contributed by atoms with Gasteiger partial charge < -0.3 is 10.2 Å². The number of rotatable bonds is 3. The molecule has 1 N–H and O–H groups in total. The molecule has 23 heavy (non-hydrogen) atoms. The largest absolute Gasteiger partial charge is 0.341 e. The number of amides is 2. The van der Waals surface area contributed by atoms with Gasteiger partial charge in [-0.2, -0.15) is 0 Å². The summed E-state index contributed by atoms with van der Waals surface area (Å²) >= 11 is 9.43. The lowest BCUT2D eigenvalue weighted by molar-refractivity contribution is -0.126. The zero-order valence-corrected chi connectivity index (χ0v) is 14.7. The zero-order chi connectivity index (χ0) is 16.6. The number of nitrogens with zero attached hydrogens (tertiary/aromatic N) is 1. The minimum Gasteiger partial charge on any atom is -0.341 e. The summed E-state index contributed by atoms with van der Waals surface area (Å²) in [5.74, 6) is -0.382. The second-order valence-corrected chi connectivity index (χ2v) is 6.74. The van der Waals surface area contributed by atoms with Crippen molar-refractivity contribution in [2.75, 3.05) is 4.90 Å². The van der Waals surface area contributed by atoms with Gasteiger partial charge in [0.2, 0.25) is 5.91 Å². The van der Waals surface area contributed by atoms with E-state index in [1.54, 1.807) is 11.0 Å². The van der Waals surface area contributed by atoms with Crippen molar-refractivity contribution in [2.45, 2.75) is 19.5 Å². The van der Waals surface area contributed by atoms with Crippen molar-refractivity contribution in [3.63, 3.8) is 0 Å². The molecule has 6 heteroatoms. The number of nitrogens with one attached hydrogen (secondary N) is 1. The van der Waals surface area contributed by atoms with Crippen LogP contribution in [0.25, 0.3) is 0 Å². The molecule has 2 aromatic carbocycles. The minimum absolute atomic E-state index is 0.145. The Morgan fingerprint density at radius 2 is 2.09 bits per heavy atom. The minimum atomic E-state index is -0.654. The molecule has 1 heterocycles. The van der Waals surface area contributed by atoms with E-state index in [9.17, 15) is 9.59 Å². The third-order valence-electron chi connectivity index (χ3n) is 3.68. The van der Waals surface area contributed by atoms with Gasteiger partial charge in [-0.05, 0) is 35.9 Å². The Kier molecular flexibility index (Phi) is 4.41. The Morgan fingerprint density at radius 3 is 2.78 bits per heavy atom. The average molecular weight is 394 g/mol. The molecule has 0 aromatic heterocycles. The number of benzene rings is 2. The van der Waals surface area contributed by atoms with E-state index in [4.69, 9.17) is 11.6 Å². The van der Waals surface area contributed by atoms with Gasteiger partial charge in [-0.15, -0.1) is 0 Å². The first-order valence-electron chi connectivity index (χ1n) is 7.08. The first kappa shape index (κ1) is 16.0. The molecular formula is C17H14BrClN2O2. The summed E-state index contributed by atoms with van der Waals surface area (Å²) in [4.78, 5) is 25.9. The van der Waals surface area contributed by atoms with Crippen LogP contribution in [0.1, 0.15) is 24.1 Å². The van der Waals surface area contributed by atoms with Gasteiger partial charge in [-0.3, -0.25) is 9.59 Å². The van der Waals surface area contributed by atoms with E-state index in [2.05, 4.69) is 21.2 Å². The summed E-state index contributed by atoms with van der Waals surface area (Å²) in [5.41, 5.74) is 2.53. The van der Waals surface area contributed by atoms with Crippen molar-refractivity contribution in [2.24, 2.45) is 0 Å². The third-order valence-corrected chi connectivity index (χ3v) is 4.41. The Hall–Kier alpha value is -1.85. The predicted octanol–water partition coefficient (Wildman–Crippen LogP) is 3.83. The molecule has 4 nitrogen and oxygen atoms in total. The molecule has 0 aliphatic carbocycles. The van der Waals surface area contributed by atoms with Crippen molar-refractivity contribution in [1.82, 2.24) is 5.32 Å². The molecule has 2 amide bonds. The summed E-state index contributed by atoms with van der Waals surface area (Å²) in [5, 5.41) is 3.35. The summed E-state index contributed by atoms with van der Waals surface area (Å²) in [6.45, 7) is 1.81. The monoisotopic (exact) mass is 392 g/mol. The van der Waals surface area contributed by atoms with Crippen LogP contribution in [-0.4, -0.2) is 11.8 Å². The maximum atomic E-state index is 12.8. The van der Waals surface area contributed by atoms with Crippen LogP contribution in [0.3, 0.4) is 0 Å².